The van der Waals surface area contributed by atoms with Crippen LogP contribution in [-0.4, -0.2) is 11.3 Å². The van der Waals surface area contributed by atoms with Gasteiger partial charge in [0.25, 0.3) is 0 Å². The van der Waals surface area contributed by atoms with Gasteiger partial charge < -0.3 is 0 Å². The van der Waals surface area contributed by atoms with Gasteiger partial charge in [0.1, 0.15) is 0 Å². The average molecular weight is 132 g/mol. The Balaban J connectivity index is 2.76. The molecule has 0 amide bonds. The molecule has 1 radical (unpaired) electrons. The number of aromatic nitrogens is 1. The van der Waals surface area contributed by atoms with E-state index in [1.54, 1.807) is 18.6 Å². The van der Waals surface area contributed by atoms with Crippen molar-refractivity contribution in [1.29, 1.82) is 0 Å². The molecule has 0 aliphatic carbocycles. The van der Waals surface area contributed by atoms with E-state index in [0.29, 0.717) is 0 Å². The van der Waals surface area contributed by atoms with Gasteiger partial charge in [0.15, 0.2) is 0 Å². The maximum atomic E-state index is 9.74. The molecule has 1 aromatic rings. The second-order valence-electron chi connectivity index (χ2n) is 1.71. The molecular formula is C8H6NO. The third-order valence-electron chi connectivity index (χ3n) is 1.01. The first kappa shape index (κ1) is 6.68. The molecule has 0 bridgehead atoms. The van der Waals surface area contributed by atoms with E-state index >= 15 is 0 Å². The molecule has 2 nitrogen and oxygen atoms in total. The first-order valence-corrected chi connectivity index (χ1v) is 2.89. The zero-order valence-corrected chi connectivity index (χ0v) is 5.32. The van der Waals surface area contributed by atoms with Crippen LogP contribution in [0.2, 0.25) is 0 Å². The summed E-state index contributed by atoms with van der Waals surface area (Å²) in [5.74, 6) is 0. The molecule has 1 heterocycles. The van der Waals surface area contributed by atoms with Crippen LogP contribution in [0.15, 0.2) is 30.5 Å². The van der Waals surface area contributed by atoms with Crippen molar-refractivity contribution < 1.29 is 4.79 Å². The monoisotopic (exact) mass is 132 g/mol. The molecule has 0 aliphatic heterocycles. The number of allylic oxidation sites excluding steroid dienone is 1. The fraction of sp³-hybridized carbons (Fsp3) is 0. The molecule has 0 unspecified atom stereocenters. The van der Waals surface area contributed by atoms with Gasteiger partial charge in [0.05, 0.1) is 5.69 Å². The molecule has 2 heteroatoms. The highest BCUT2D eigenvalue weighted by molar-refractivity contribution is 5.73. The van der Waals surface area contributed by atoms with Gasteiger partial charge in [0, 0.05) is 6.20 Å². The van der Waals surface area contributed by atoms with Crippen molar-refractivity contribution in [2.24, 2.45) is 0 Å². The van der Waals surface area contributed by atoms with Crippen LogP contribution in [0, 0.1) is 0 Å². The maximum Gasteiger partial charge on any atom is 0.225 e. The van der Waals surface area contributed by atoms with Crippen molar-refractivity contribution in [2.45, 2.75) is 0 Å². The highest BCUT2D eigenvalue weighted by Crippen LogP contribution is 1.94. The normalized spacial score (nSPS) is 10.0. The number of rotatable bonds is 2. The number of nitrogens with zero attached hydrogens (tertiary/aromatic N) is 1. The summed E-state index contributed by atoms with van der Waals surface area (Å²) in [6, 6.07) is 5.49. The molecule has 0 saturated heterocycles. The quantitative estimate of drug-likeness (QED) is 0.566. The van der Waals surface area contributed by atoms with E-state index in [2.05, 4.69) is 4.98 Å². The van der Waals surface area contributed by atoms with Crippen LogP contribution >= 0.6 is 0 Å². The predicted octanol–water partition coefficient (Wildman–Crippen LogP) is 1.20. The van der Waals surface area contributed by atoms with Gasteiger partial charge in [-0.15, -0.1) is 0 Å². The van der Waals surface area contributed by atoms with Crippen LogP contribution < -0.4 is 0 Å². The zero-order valence-electron chi connectivity index (χ0n) is 5.32. The lowest BCUT2D eigenvalue weighted by Gasteiger charge is -1.85. The van der Waals surface area contributed by atoms with Gasteiger partial charge >= 0.3 is 0 Å². The fourth-order valence-corrected chi connectivity index (χ4v) is 0.594. The van der Waals surface area contributed by atoms with Crippen LogP contribution in [0.5, 0.6) is 0 Å². The van der Waals surface area contributed by atoms with Crippen LogP contribution in [-0.2, 0) is 4.79 Å². The van der Waals surface area contributed by atoms with Crippen LogP contribution in [0.1, 0.15) is 5.69 Å². The van der Waals surface area contributed by atoms with Crippen molar-refractivity contribution in [1.82, 2.24) is 4.98 Å². The molecule has 1 rings (SSSR count). The minimum absolute atomic E-state index is 0.769. The van der Waals surface area contributed by atoms with Crippen LogP contribution in [0.4, 0.5) is 0 Å². The highest BCUT2D eigenvalue weighted by Gasteiger charge is 1.81. The molecule has 0 aliphatic rings. The Morgan fingerprint density at radius 2 is 2.40 bits per heavy atom. The minimum Gasteiger partial charge on any atom is -0.286 e. The second kappa shape index (κ2) is 3.56. The summed E-state index contributed by atoms with van der Waals surface area (Å²) < 4.78 is 0. The smallest absolute Gasteiger partial charge is 0.225 e. The van der Waals surface area contributed by atoms with Crippen molar-refractivity contribution in [3.63, 3.8) is 0 Å². The topological polar surface area (TPSA) is 30.0 Å². The molecule has 0 fully saturated rings. The standard InChI is InChI=1S/C8H6NO/c10-7-3-5-8-4-1-2-6-9-8/h1-6H. The number of hydrogen-bond donors (Lipinski definition) is 0. The van der Waals surface area contributed by atoms with Crippen LogP contribution in [0.25, 0.3) is 6.08 Å². The van der Waals surface area contributed by atoms with E-state index in [-0.39, 0.29) is 0 Å². The second-order valence-corrected chi connectivity index (χ2v) is 1.71. The summed E-state index contributed by atoms with van der Waals surface area (Å²) >= 11 is 0. The molecule has 49 valence electrons. The van der Waals surface area contributed by atoms with E-state index < -0.39 is 0 Å². The summed E-state index contributed by atoms with van der Waals surface area (Å²) in [5.41, 5.74) is 0.769. The molecular weight excluding hydrogens is 126 g/mol. The van der Waals surface area contributed by atoms with E-state index in [9.17, 15) is 4.79 Å². The fourth-order valence-electron chi connectivity index (χ4n) is 0.594. The molecule has 1 aromatic heterocycles. The van der Waals surface area contributed by atoms with Crippen molar-refractivity contribution in [3.05, 3.63) is 36.2 Å². The number of hydrogen-bond acceptors (Lipinski definition) is 2. The SMILES string of the molecule is O=[C]C=Cc1ccccn1. The highest BCUT2D eigenvalue weighted by atomic mass is 16.1. The Kier molecular flexibility index (Phi) is 2.38. The Morgan fingerprint density at radius 3 is 3.00 bits per heavy atom. The molecule has 0 saturated carbocycles. The van der Waals surface area contributed by atoms with Gasteiger partial charge in [-0.05, 0) is 24.3 Å². The Bertz CT molecular complexity index is 228. The largest absolute Gasteiger partial charge is 0.286 e. The Labute approximate surface area is 59.2 Å². The first-order valence-electron chi connectivity index (χ1n) is 2.89. The van der Waals surface area contributed by atoms with Crippen LogP contribution in [0.3, 0.4) is 0 Å². The Hall–Kier alpha value is -1.44. The van der Waals surface area contributed by atoms with Crippen molar-refractivity contribution in [2.75, 3.05) is 0 Å². The lowest BCUT2D eigenvalue weighted by Crippen LogP contribution is -1.75. The van der Waals surface area contributed by atoms with E-state index in [1.165, 1.54) is 6.08 Å². The summed E-state index contributed by atoms with van der Waals surface area (Å²) in [6.07, 6.45) is 6.21. The molecule has 0 atom stereocenters. The molecule has 0 N–H and O–H groups in total. The summed E-state index contributed by atoms with van der Waals surface area (Å²) in [5, 5.41) is 0. The molecule has 0 aromatic carbocycles. The van der Waals surface area contributed by atoms with Crippen molar-refractivity contribution >= 4 is 12.4 Å². The lowest BCUT2D eigenvalue weighted by molar-refractivity contribution is 0.564. The van der Waals surface area contributed by atoms with Gasteiger partial charge in [-0.3, -0.25) is 9.78 Å². The molecule has 0 spiro atoms. The van der Waals surface area contributed by atoms with Gasteiger partial charge in [-0.25, -0.2) is 0 Å². The van der Waals surface area contributed by atoms with E-state index in [4.69, 9.17) is 0 Å². The van der Waals surface area contributed by atoms with Crippen molar-refractivity contribution in [3.8, 4) is 0 Å². The maximum absolute atomic E-state index is 9.74. The predicted molar refractivity (Wildman–Crippen MR) is 39.0 cm³/mol. The zero-order chi connectivity index (χ0) is 7.23. The Morgan fingerprint density at radius 1 is 1.50 bits per heavy atom. The average Bonchev–Trinajstić information content (AvgIpc) is 2.03. The summed E-state index contributed by atoms with van der Waals surface area (Å²) in [7, 11) is 0. The molecule has 10 heavy (non-hydrogen) atoms. The third-order valence-corrected chi connectivity index (χ3v) is 1.01. The number of pyridine rings is 1. The van der Waals surface area contributed by atoms with Gasteiger partial charge in [0.2, 0.25) is 6.29 Å². The van der Waals surface area contributed by atoms with E-state index in [1.807, 2.05) is 18.2 Å². The lowest BCUT2D eigenvalue weighted by atomic mass is 10.3. The first-order chi connectivity index (χ1) is 4.93. The van der Waals surface area contributed by atoms with Gasteiger partial charge in [-0.1, -0.05) is 6.07 Å². The number of carbonyl (C=O) groups excluding carboxylic acids is 1. The van der Waals surface area contributed by atoms with E-state index in [0.717, 1.165) is 5.69 Å². The minimum atomic E-state index is 0.769. The summed E-state index contributed by atoms with van der Waals surface area (Å²) in [6.45, 7) is 0. The third kappa shape index (κ3) is 1.82. The summed E-state index contributed by atoms with van der Waals surface area (Å²) in [4.78, 5) is 13.7. The van der Waals surface area contributed by atoms with Gasteiger partial charge in [-0.2, -0.15) is 0 Å².